The summed E-state index contributed by atoms with van der Waals surface area (Å²) in [6.45, 7) is 0. The van der Waals surface area contributed by atoms with Crippen LogP contribution in [0.1, 0.15) is 0 Å². The first-order chi connectivity index (χ1) is 19.6. The first-order valence-corrected chi connectivity index (χ1v) is 13.5. The number of nitrogens with zero attached hydrogens (tertiary/aromatic N) is 4. The molecule has 0 aliphatic carbocycles. The van der Waals surface area contributed by atoms with Crippen molar-refractivity contribution >= 4 is 43.6 Å². The van der Waals surface area contributed by atoms with Crippen LogP contribution >= 0.6 is 0 Å². The van der Waals surface area contributed by atoms with E-state index in [-0.39, 0.29) is 0 Å². The van der Waals surface area contributed by atoms with Crippen molar-refractivity contribution in [3.8, 4) is 33.9 Å². The highest BCUT2D eigenvalue weighted by atomic mass is 15.1. The molecule has 190 valence electrons. The Hall–Kier alpha value is -5.22. The lowest BCUT2D eigenvalue weighted by Crippen LogP contribution is -1.97. The zero-order valence-electron chi connectivity index (χ0n) is 22.3. The van der Waals surface area contributed by atoms with Gasteiger partial charge in [-0.1, -0.05) is 72.8 Å². The van der Waals surface area contributed by atoms with Gasteiger partial charge in [0.25, 0.3) is 0 Å². The maximum absolute atomic E-state index is 5.04. The average Bonchev–Trinajstić information content (AvgIpc) is 3.53. The SMILES string of the molecule is Cn1c(-c2cc(-c3ccc4c(ccc5ccccc54)c3)cc(-c3nc4ccccc4n3C)c2)nc2ccccc21. The molecule has 4 nitrogen and oxygen atoms in total. The summed E-state index contributed by atoms with van der Waals surface area (Å²) >= 11 is 0. The lowest BCUT2D eigenvalue weighted by atomic mass is 9.95. The van der Waals surface area contributed by atoms with Crippen LogP contribution in [0.25, 0.3) is 77.5 Å². The van der Waals surface area contributed by atoms with E-state index in [9.17, 15) is 0 Å². The van der Waals surface area contributed by atoms with E-state index in [0.29, 0.717) is 0 Å². The number of fused-ring (bicyclic) bond motifs is 5. The summed E-state index contributed by atoms with van der Waals surface area (Å²) in [5.74, 6) is 1.88. The molecule has 0 unspecified atom stereocenters. The van der Waals surface area contributed by atoms with Crippen molar-refractivity contribution in [1.82, 2.24) is 19.1 Å². The van der Waals surface area contributed by atoms with Crippen LogP contribution in [0.2, 0.25) is 0 Å². The van der Waals surface area contributed by atoms with Crippen LogP contribution in [0.4, 0.5) is 0 Å². The van der Waals surface area contributed by atoms with Crippen molar-refractivity contribution in [3.05, 3.63) is 121 Å². The molecular formula is C36H26N4. The highest BCUT2D eigenvalue weighted by molar-refractivity contribution is 6.08. The van der Waals surface area contributed by atoms with Crippen LogP contribution in [0, 0.1) is 0 Å². The summed E-state index contributed by atoms with van der Waals surface area (Å²) in [5.41, 5.74) is 8.66. The molecule has 4 heteroatoms. The van der Waals surface area contributed by atoms with Crippen LogP contribution in [0.3, 0.4) is 0 Å². The highest BCUT2D eigenvalue weighted by Gasteiger charge is 2.16. The Kier molecular flexibility index (Phi) is 4.92. The number of imidazole rings is 2. The normalized spacial score (nSPS) is 11.8. The molecule has 8 aromatic rings. The molecule has 40 heavy (non-hydrogen) atoms. The monoisotopic (exact) mass is 514 g/mol. The average molecular weight is 515 g/mol. The van der Waals surface area contributed by atoms with Gasteiger partial charge in [0.2, 0.25) is 0 Å². The van der Waals surface area contributed by atoms with Gasteiger partial charge in [0.15, 0.2) is 0 Å². The second kappa shape index (κ2) is 8.65. The Balaban J connectivity index is 1.38. The van der Waals surface area contributed by atoms with Gasteiger partial charge >= 0.3 is 0 Å². The fourth-order valence-electron chi connectivity index (χ4n) is 6.05. The summed E-state index contributed by atoms with van der Waals surface area (Å²) in [6.07, 6.45) is 0. The molecule has 0 saturated heterocycles. The zero-order chi connectivity index (χ0) is 26.8. The summed E-state index contributed by atoms with van der Waals surface area (Å²) < 4.78 is 4.36. The Morgan fingerprint density at radius 1 is 0.425 bits per heavy atom. The fourth-order valence-corrected chi connectivity index (χ4v) is 6.05. The summed E-state index contributed by atoms with van der Waals surface area (Å²) in [7, 11) is 4.18. The van der Waals surface area contributed by atoms with E-state index in [0.717, 1.165) is 50.4 Å². The number of benzene rings is 6. The fraction of sp³-hybridized carbons (Fsp3) is 0.0556. The lowest BCUT2D eigenvalue weighted by Gasteiger charge is -2.12. The lowest BCUT2D eigenvalue weighted by molar-refractivity contribution is 0.954. The van der Waals surface area contributed by atoms with E-state index in [1.54, 1.807) is 0 Å². The van der Waals surface area contributed by atoms with E-state index in [2.05, 4.69) is 132 Å². The highest BCUT2D eigenvalue weighted by Crippen LogP contribution is 2.36. The second-order valence-electron chi connectivity index (χ2n) is 10.5. The molecule has 0 fully saturated rings. The topological polar surface area (TPSA) is 35.6 Å². The smallest absolute Gasteiger partial charge is 0.140 e. The van der Waals surface area contributed by atoms with Crippen LogP contribution in [0.5, 0.6) is 0 Å². The summed E-state index contributed by atoms with van der Waals surface area (Å²) in [6, 6.07) is 43.1. The molecule has 0 radical (unpaired) electrons. The third-order valence-corrected chi connectivity index (χ3v) is 8.10. The molecule has 0 N–H and O–H groups in total. The van der Waals surface area contributed by atoms with Crippen molar-refractivity contribution in [3.63, 3.8) is 0 Å². The Morgan fingerprint density at radius 3 is 1.60 bits per heavy atom. The van der Waals surface area contributed by atoms with Crippen LogP contribution in [-0.4, -0.2) is 19.1 Å². The van der Waals surface area contributed by atoms with E-state index in [1.807, 2.05) is 12.1 Å². The van der Waals surface area contributed by atoms with Gasteiger partial charge in [-0.25, -0.2) is 9.97 Å². The Bertz CT molecular complexity index is 2150. The number of rotatable bonds is 3. The van der Waals surface area contributed by atoms with Crippen LogP contribution < -0.4 is 0 Å². The first kappa shape index (κ1) is 22.7. The maximum Gasteiger partial charge on any atom is 0.140 e. The predicted molar refractivity (Wildman–Crippen MR) is 166 cm³/mol. The van der Waals surface area contributed by atoms with Crippen molar-refractivity contribution in [2.75, 3.05) is 0 Å². The quantitative estimate of drug-likeness (QED) is 0.221. The molecule has 0 aliphatic rings. The number of aromatic nitrogens is 4. The minimum atomic E-state index is 0.940. The van der Waals surface area contributed by atoms with Gasteiger partial charge in [0, 0.05) is 25.2 Å². The largest absolute Gasteiger partial charge is 0.327 e. The molecule has 0 amide bonds. The van der Waals surface area contributed by atoms with E-state index in [4.69, 9.17) is 9.97 Å². The van der Waals surface area contributed by atoms with Gasteiger partial charge in [0.05, 0.1) is 22.1 Å². The van der Waals surface area contributed by atoms with Gasteiger partial charge in [-0.3, -0.25) is 0 Å². The van der Waals surface area contributed by atoms with Crippen molar-refractivity contribution in [1.29, 1.82) is 0 Å². The summed E-state index contributed by atoms with van der Waals surface area (Å²) in [4.78, 5) is 10.1. The molecule has 0 atom stereocenters. The van der Waals surface area contributed by atoms with Crippen LogP contribution in [0.15, 0.2) is 121 Å². The minimum absolute atomic E-state index is 0.940. The van der Waals surface area contributed by atoms with Gasteiger partial charge in [-0.05, 0) is 81.2 Å². The molecule has 2 aromatic heterocycles. The zero-order valence-corrected chi connectivity index (χ0v) is 22.3. The molecule has 0 saturated carbocycles. The molecule has 0 bridgehead atoms. The number of aryl methyl sites for hydroxylation is 2. The number of hydrogen-bond acceptors (Lipinski definition) is 2. The van der Waals surface area contributed by atoms with E-state index < -0.39 is 0 Å². The standard InChI is InChI=1S/C36H26N4/c1-39-33-13-7-5-11-31(33)37-35(39)27-20-26(21-28(22-27)36-38-32-12-6-8-14-34(32)40(36)2)24-17-18-30-25(19-24)16-15-23-9-3-4-10-29(23)30/h3-22H,1-2H3. The number of hydrogen-bond donors (Lipinski definition) is 0. The minimum Gasteiger partial charge on any atom is -0.327 e. The Labute approximate surface area is 231 Å². The third kappa shape index (κ3) is 3.46. The van der Waals surface area contributed by atoms with E-state index in [1.165, 1.54) is 27.1 Å². The Morgan fingerprint density at radius 2 is 0.950 bits per heavy atom. The van der Waals surface area contributed by atoms with E-state index >= 15 is 0 Å². The second-order valence-corrected chi connectivity index (χ2v) is 10.5. The maximum atomic E-state index is 5.04. The third-order valence-electron chi connectivity index (χ3n) is 8.10. The molecular weight excluding hydrogens is 488 g/mol. The molecule has 0 spiro atoms. The van der Waals surface area contributed by atoms with Gasteiger partial charge in [-0.15, -0.1) is 0 Å². The number of para-hydroxylation sites is 4. The van der Waals surface area contributed by atoms with Gasteiger partial charge in [-0.2, -0.15) is 0 Å². The van der Waals surface area contributed by atoms with Crippen molar-refractivity contribution in [2.45, 2.75) is 0 Å². The molecule has 8 rings (SSSR count). The predicted octanol–water partition coefficient (Wildman–Crippen LogP) is 8.77. The van der Waals surface area contributed by atoms with Crippen LogP contribution in [-0.2, 0) is 14.1 Å². The van der Waals surface area contributed by atoms with Crippen molar-refractivity contribution < 1.29 is 0 Å². The van der Waals surface area contributed by atoms with Crippen molar-refractivity contribution in [2.24, 2.45) is 14.1 Å². The summed E-state index contributed by atoms with van der Waals surface area (Å²) in [5, 5.41) is 5.04. The van der Waals surface area contributed by atoms with Gasteiger partial charge < -0.3 is 9.13 Å². The first-order valence-electron chi connectivity index (χ1n) is 13.5. The molecule has 0 aliphatic heterocycles. The van der Waals surface area contributed by atoms with Gasteiger partial charge in [0.1, 0.15) is 11.6 Å². The molecule has 2 heterocycles. The molecule has 6 aromatic carbocycles.